The van der Waals surface area contributed by atoms with Crippen molar-refractivity contribution in [3.63, 3.8) is 0 Å². The van der Waals surface area contributed by atoms with Crippen molar-refractivity contribution in [2.75, 3.05) is 7.05 Å². The Labute approximate surface area is 161 Å². The summed E-state index contributed by atoms with van der Waals surface area (Å²) >= 11 is 0. The molecule has 2 heterocycles. The molecular weight excluding hydrogens is 338 g/mol. The van der Waals surface area contributed by atoms with Gasteiger partial charge < -0.3 is 5.32 Å². The van der Waals surface area contributed by atoms with Crippen LogP contribution < -0.4 is 10.6 Å². The largest absolute Gasteiger partial charge is 0.354 e. The highest BCUT2D eigenvalue weighted by Crippen LogP contribution is 2.37. The van der Waals surface area contributed by atoms with Gasteiger partial charge in [0.2, 0.25) is 0 Å². The Morgan fingerprint density at radius 2 is 1.89 bits per heavy atom. The van der Waals surface area contributed by atoms with E-state index in [1.807, 2.05) is 12.1 Å². The Bertz CT molecular complexity index is 789. The second-order valence-electron chi connectivity index (χ2n) is 8.34. The van der Waals surface area contributed by atoms with Crippen molar-refractivity contribution < 1.29 is 4.79 Å². The van der Waals surface area contributed by atoms with Gasteiger partial charge in [0.05, 0.1) is 11.7 Å². The fourth-order valence-corrected chi connectivity index (χ4v) is 4.72. The molecule has 0 radical (unpaired) electrons. The topological polar surface area (TPSA) is 69.1 Å². The molecular formula is C21H29N5O. The molecule has 0 aromatic heterocycles. The maximum Gasteiger partial charge on any atom is 0.267 e. The standard InChI is InChI=1S/C21H29N5O/c1-13-9-11-14(12-10-13)18-23-17(20(27)22-4)16-19(24-18)26(21(2,3)25-16)15-7-5-6-8-15/h9-12,15-16,19,25H,5-8H2,1-4H3,(H,22,27). The summed E-state index contributed by atoms with van der Waals surface area (Å²) < 4.78 is 0. The Kier molecular flexibility index (Phi) is 4.64. The van der Waals surface area contributed by atoms with E-state index in [0.717, 1.165) is 5.56 Å². The third-order valence-corrected chi connectivity index (χ3v) is 6.00. The Morgan fingerprint density at radius 1 is 1.22 bits per heavy atom. The van der Waals surface area contributed by atoms with Crippen molar-refractivity contribution in [1.82, 2.24) is 15.5 Å². The van der Waals surface area contributed by atoms with Crippen molar-refractivity contribution in [3.05, 3.63) is 35.4 Å². The number of amidine groups is 1. The van der Waals surface area contributed by atoms with Gasteiger partial charge in [-0.05, 0) is 33.6 Å². The van der Waals surface area contributed by atoms with Crippen molar-refractivity contribution in [2.45, 2.75) is 70.4 Å². The van der Waals surface area contributed by atoms with E-state index in [0.29, 0.717) is 17.6 Å². The molecule has 6 nitrogen and oxygen atoms in total. The first-order valence-corrected chi connectivity index (χ1v) is 9.92. The minimum Gasteiger partial charge on any atom is -0.354 e. The summed E-state index contributed by atoms with van der Waals surface area (Å²) in [6.07, 6.45) is 4.80. The predicted molar refractivity (Wildman–Crippen MR) is 108 cm³/mol. The fourth-order valence-electron chi connectivity index (χ4n) is 4.72. The van der Waals surface area contributed by atoms with Crippen molar-refractivity contribution in [3.8, 4) is 0 Å². The number of nitrogens with one attached hydrogen (secondary N) is 2. The highest BCUT2D eigenvalue weighted by atomic mass is 16.1. The summed E-state index contributed by atoms with van der Waals surface area (Å²) in [6, 6.07) is 8.50. The lowest BCUT2D eigenvalue weighted by molar-refractivity contribution is -0.114. The highest BCUT2D eigenvalue weighted by molar-refractivity contribution is 6.43. The maximum absolute atomic E-state index is 12.6. The van der Waals surface area contributed by atoms with E-state index in [9.17, 15) is 4.79 Å². The van der Waals surface area contributed by atoms with Crippen LogP contribution in [-0.2, 0) is 4.79 Å². The Balaban J connectivity index is 1.78. The number of rotatable bonds is 3. The molecule has 2 fully saturated rings. The minimum absolute atomic E-state index is 0.107. The molecule has 2 atom stereocenters. The lowest BCUT2D eigenvalue weighted by atomic mass is 10.0. The number of nitrogens with zero attached hydrogens (tertiary/aromatic N) is 3. The van der Waals surface area contributed by atoms with Crippen molar-refractivity contribution in [2.24, 2.45) is 9.98 Å². The fraction of sp³-hybridized carbons (Fsp3) is 0.571. The van der Waals surface area contributed by atoms with Gasteiger partial charge >= 0.3 is 0 Å². The third kappa shape index (κ3) is 3.21. The molecule has 1 aliphatic carbocycles. The smallest absolute Gasteiger partial charge is 0.267 e. The molecule has 1 saturated heterocycles. The van der Waals surface area contributed by atoms with Crippen LogP contribution in [0.25, 0.3) is 0 Å². The molecule has 1 amide bonds. The number of fused-ring (bicyclic) bond motifs is 1. The van der Waals surface area contributed by atoms with Crippen LogP contribution in [0.1, 0.15) is 50.7 Å². The number of carbonyl (C=O) groups is 1. The van der Waals surface area contributed by atoms with Crippen LogP contribution in [0.2, 0.25) is 0 Å². The predicted octanol–water partition coefficient (Wildman–Crippen LogP) is 2.22. The summed E-state index contributed by atoms with van der Waals surface area (Å²) in [5.41, 5.74) is 2.45. The number of aryl methyl sites for hydroxylation is 1. The lowest BCUT2D eigenvalue weighted by Gasteiger charge is -2.38. The second kappa shape index (κ2) is 6.84. The van der Waals surface area contributed by atoms with E-state index < -0.39 is 0 Å². The first-order valence-electron chi connectivity index (χ1n) is 9.92. The number of hydrogen-bond donors (Lipinski definition) is 2. The van der Waals surface area contributed by atoms with Crippen molar-refractivity contribution in [1.29, 1.82) is 0 Å². The molecule has 1 saturated carbocycles. The van der Waals surface area contributed by atoms with E-state index in [4.69, 9.17) is 4.99 Å². The van der Waals surface area contributed by atoms with E-state index in [2.05, 4.69) is 53.4 Å². The molecule has 144 valence electrons. The van der Waals surface area contributed by atoms with Gasteiger partial charge in [-0.25, -0.2) is 9.98 Å². The minimum atomic E-state index is -0.231. The quantitative estimate of drug-likeness (QED) is 0.861. The first-order chi connectivity index (χ1) is 12.9. The molecule has 1 aromatic rings. The van der Waals surface area contributed by atoms with Crippen LogP contribution in [-0.4, -0.2) is 53.3 Å². The number of aliphatic imine (C=N–C) groups is 2. The molecule has 0 spiro atoms. The summed E-state index contributed by atoms with van der Waals surface area (Å²) in [5, 5.41) is 6.39. The van der Waals surface area contributed by atoms with Gasteiger partial charge in [-0.3, -0.25) is 15.0 Å². The average molecular weight is 367 g/mol. The second-order valence-corrected chi connectivity index (χ2v) is 8.34. The van der Waals surface area contributed by atoms with Gasteiger partial charge in [0.1, 0.15) is 11.9 Å². The van der Waals surface area contributed by atoms with Crippen molar-refractivity contribution >= 4 is 17.5 Å². The Morgan fingerprint density at radius 3 is 2.52 bits per heavy atom. The van der Waals surface area contributed by atoms with Gasteiger partial charge in [0, 0.05) is 18.7 Å². The Hall–Kier alpha value is -2.05. The average Bonchev–Trinajstić information content (AvgIpc) is 3.24. The zero-order valence-corrected chi connectivity index (χ0v) is 16.6. The third-order valence-electron chi connectivity index (χ3n) is 6.00. The SMILES string of the molecule is CNC(=O)C1=NC(c2ccc(C)cc2)=NC2C1NC(C)(C)N2C1CCCC1. The summed E-state index contributed by atoms with van der Waals surface area (Å²) in [7, 11) is 1.66. The van der Waals surface area contributed by atoms with Gasteiger partial charge in [-0.2, -0.15) is 0 Å². The number of amides is 1. The van der Waals surface area contributed by atoms with E-state index >= 15 is 0 Å². The van der Waals surface area contributed by atoms with Gasteiger partial charge in [0.25, 0.3) is 5.91 Å². The molecule has 1 aromatic carbocycles. The zero-order chi connectivity index (χ0) is 19.2. The molecule has 0 bridgehead atoms. The summed E-state index contributed by atoms with van der Waals surface area (Å²) in [5.74, 6) is 0.512. The van der Waals surface area contributed by atoms with Gasteiger partial charge in [-0.1, -0.05) is 42.7 Å². The molecule has 27 heavy (non-hydrogen) atoms. The first kappa shape index (κ1) is 18.3. The molecule has 2 aliphatic heterocycles. The van der Waals surface area contributed by atoms with E-state index in [1.165, 1.54) is 31.2 Å². The molecule has 3 aliphatic rings. The monoisotopic (exact) mass is 367 g/mol. The summed E-state index contributed by atoms with van der Waals surface area (Å²) in [4.78, 5) is 24.8. The number of benzene rings is 1. The lowest BCUT2D eigenvalue weighted by Crippen LogP contribution is -2.52. The van der Waals surface area contributed by atoms with Crippen LogP contribution in [0.5, 0.6) is 0 Å². The van der Waals surface area contributed by atoms with Crippen LogP contribution >= 0.6 is 0 Å². The van der Waals surface area contributed by atoms with Crippen LogP contribution in [0.3, 0.4) is 0 Å². The summed E-state index contributed by atoms with van der Waals surface area (Å²) in [6.45, 7) is 6.44. The van der Waals surface area contributed by atoms with Crippen LogP contribution in [0.4, 0.5) is 0 Å². The van der Waals surface area contributed by atoms with Crippen LogP contribution in [0, 0.1) is 6.92 Å². The van der Waals surface area contributed by atoms with Gasteiger partial charge in [0.15, 0.2) is 5.84 Å². The number of carbonyl (C=O) groups excluding carboxylic acids is 1. The van der Waals surface area contributed by atoms with Crippen LogP contribution in [0.15, 0.2) is 34.3 Å². The number of hydrogen-bond acceptors (Lipinski definition) is 5. The highest BCUT2D eigenvalue weighted by Gasteiger charge is 2.53. The molecule has 2 N–H and O–H groups in total. The molecule has 4 rings (SSSR count). The van der Waals surface area contributed by atoms with E-state index in [-0.39, 0.29) is 23.8 Å². The zero-order valence-electron chi connectivity index (χ0n) is 16.6. The molecule has 6 heteroatoms. The van der Waals surface area contributed by atoms with E-state index in [1.54, 1.807) is 7.05 Å². The maximum atomic E-state index is 12.6. The normalized spacial score (nSPS) is 27.9. The van der Waals surface area contributed by atoms with Gasteiger partial charge in [-0.15, -0.1) is 0 Å². The molecule has 2 unspecified atom stereocenters.